The van der Waals surface area contributed by atoms with Gasteiger partial charge in [0.25, 0.3) is 0 Å². The summed E-state index contributed by atoms with van der Waals surface area (Å²) >= 11 is 6.19. The fraction of sp³-hybridized carbons (Fsp3) is 0.467. The van der Waals surface area contributed by atoms with Gasteiger partial charge in [-0.05, 0) is 24.1 Å². The molecule has 0 saturated heterocycles. The first kappa shape index (κ1) is 18.1. The number of ether oxygens (including phenoxy) is 2. The predicted octanol–water partition coefficient (Wildman–Crippen LogP) is 1.62. The van der Waals surface area contributed by atoms with Crippen molar-refractivity contribution in [3.63, 3.8) is 0 Å². The van der Waals surface area contributed by atoms with E-state index in [1.165, 1.54) is 7.11 Å². The molecule has 0 unspecified atom stereocenters. The van der Waals surface area contributed by atoms with Gasteiger partial charge >= 0.3 is 5.97 Å². The van der Waals surface area contributed by atoms with Crippen molar-refractivity contribution in [3.05, 3.63) is 28.8 Å². The molecule has 0 spiro atoms. The summed E-state index contributed by atoms with van der Waals surface area (Å²) < 4.78 is 9.69. The van der Waals surface area contributed by atoms with E-state index >= 15 is 0 Å². The van der Waals surface area contributed by atoms with Crippen molar-refractivity contribution < 1.29 is 14.3 Å². The lowest BCUT2D eigenvalue weighted by molar-refractivity contribution is -0.140. The zero-order chi connectivity index (χ0) is 16.4. The molecule has 0 aliphatic carbocycles. The zero-order valence-corrected chi connectivity index (χ0v) is 13.9. The van der Waals surface area contributed by atoms with E-state index in [1.54, 1.807) is 20.2 Å². The molecule has 0 radical (unpaired) electrons. The molecule has 6 nitrogen and oxygen atoms in total. The van der Waals surface area contributed by atoms with Crippen molar-refractivity contribution >= 4 is 23.5 Å². The highest BCUT2D eigenvalue weighted by molar-refractivity contribution is 6.31. The highest BCUT2D eigenvalue weighted by Gasteiger charge is 2.04. The van der Waals surface area contributed by atoms with Gasteiger partial charge in [0.2, 0.25) is 0 Å². The quantitative estimate of drug-likeness (QED) is 0.452. The zero-order valence-electron chi connectivity index (χ0n) is 13.1. The van der Waals surface area contributed by atoms with Gasteiger partial charge in [0.1, 0.15) is 5.75 Å². The van der Waals surface area contributed by atoms with Gasteiger partial charge in [-0.3, -0.25) is 9.79 Å². The molecular formula is C15H22ClN3O3. The average molecular weight is 328 g/mol. The lowest BCUT2D eigenvalue weighted by Crippen LogP contribution is -2.39. The summed E-state index contributed by atoms with van der Waals surface area (Å²) in [6, 6.07) is 5.61. The molecule has 0 fully saturated rings. The normalized spacial score (nSPS) is 11.0. The summed E-state index contributed by atoms with van der Waals surface area (Å²) in [5, 5.41) is 6.88. The first-order chi connectivity index (χ1) is 10.6. The number of guanidine groups is 1. The Morgan fingerprint density at radius 3 is 2.59 bits per heavy atom. The van der Waals surface area contributed by atoms with E-state index in [4.69, 9.17) is 16.3 Å². The van der Waals surface area contributed by atoms with Crippen molar-refractivity contribution in [1.82, 2.24) is 10.6 Å². The van der Waals surface area contributed by atoms with Crippen molar-refractivity contribution in [1.29, 1.82) is 0 Å². The predicted molar refractivity (Wildman–Crippen MR) is 87.7 cm³/mol. The minimum atomic E-state index is -0.257. The standard InChI is InChI=1S/C15H22ClN3O3/c1-17-15(19-9-7-14(20)22-3)18-8-6-11-4-5-12(21-2)10-13(11)16/h4-5,10H,6-9H2,1-3H3,(H2,17,18,19). The Hall–Kier alpha value is -1.95. The Balaban J connectivity index is 2.37. The van der Waals surface area contributed by atoms with Crippen LogP contribution >= 0.6 is 11.6 Å². The lowest BCUT2D eigenvalue weighted by Gasteiger charge is -2.12. The lowest BCUT2D eigenvalue weighted by atomic mass is 10.1. The van der Waals surface area contributed by atoms with Crippen LogP contribution in [0.25, 0.3) is 0 Å². The molecule has 0 aromatic heterocycles. The smallest absolute Gasteiger partial charge is 0.307 e. The molecule has 1 rings (SSSR count). The summed E-state index contributed by atoms with van der Waals surface area (Å²) in [6.07, 6.45) is 1.04. The Morgan fingerprint density at radius 2 is 2.00 bits per heavy atom. The summed E-state index contributed by atoms with van der Waals surface area (Å²) in [5.41, 5.74) is 1.03. The fourth-order valence-electron chi connectivity index (χ4n) is 1.78. The summed E-state index contributed by atoms with van der Waals surface area (Å²) in [5.74, 6) is 1.11. The van der Waals surface area contributed by atoms with Crippen molar-refractivity contribution in [2.45, 2.75) is 12.8 Å². The third-order valence-electron chi connectivity index (χ3n) is 3.02. The number of esters is 1. The minimum Gasteiger partial charge on any atom is -0.497 e. The SMILES string of the molecule is CN=C(NCCC(=O)OC)NCCc1ccc(OC)cc1Cl. The maximum atomic E-state index is 11.0. The van der Waals surface area contributed by atoms with Gasteiger partial charge in [0.05, 0.1) is 20.6 Å². The number of halogens is 1. The Kier molecular flexibility index (Phi) is 8.14. The summed E-state index contributed by atoms with van der Waals surface area (Å²) in [6.45, 7) is 1.14. The number of rotatable bonds is 7. The number of hydrogen-bond donors (Lipinski definition) is 2. The number of methoxy groups -OCH3 is 2. The van der Waals surface area contributed by atoms with Crippen molar-refractivity contribution in [2.75, 3.05) is 34.4 Å². The molecular weight excluding hydrogens is 306 g/mol. The largest absolute Gasteiger partial charge is 0.497 e. The molecule has 2 N–H and O–H groups in total. The van der Waals surface area contributed by atoms with Crippen LogP contribution in [0.1, 0.15) is 12.0 Å². The van der Waals surface area contributed by atoms with Gasteiger partial charge < -0.3 is 20.1 Å². The summed E-state index contributed by atoms with van der Waals surface area (Å²) in [7, 11) is 4.65. The highest BCUT2D eigenvalue weighted by Crippen LogP contribution is 2.22. The molecule has 7 heteroatoms. The number of hydrogen-bond acceptors (Lipinski definition) is 4. The molecule has 0 heterocycles. The number of nitrogens with zero attached hydrogens (tertiary/aromatic N) is 1. The first-order valence-electron chi connectivity index (χ1n) is 6.94. The Morgan fingerprint density at radius 1 is 1.27 bits per heavy atom. The van der Waals surface area contributed by atoms with Crippen LogP contribution < -0.4 is 15.4 Å². The van der Waals surface area contributed by atoms with Gasteiger partial charge in [-0.2, -0.15) is 0 Å². The molecule has 0 aliphatic rings. The van der Waals surface area contributed by atoms with E-state index in [1.807, 2.05) is 12.1 Å². The van der Waals surface area contributed by atoms with E-state index in [9.17, 15) is 4.79 Å². The minimum absolute atomic E-state index is 0.257. The third kappa shape index (κ3) is 6.22. The van der Waals surface area contributed by atoms with E-state index in [0.717, 1.165) is 17.7 Å². The molecule has 0 atom stereocenters. The maximum absolute atomic E-state index is 11.0. The number of nitrogens with one attached hydrogen (secondary N) is 2. The van der Waals surface area contributed by atoms with E-state index in [0.29, 0.717) is 30.5 Å². The highest BCUT2D eigenvalue weighted by atomic mass is 35.5. The molecule has 122 valence electrons. The van der Waals surface area contributed by atoms with Gasteiger partial charge in [-0.25, -0.2) is 0 Å². The fourth-order valence-corrected chi connectivity index (χ4v) is 2.04. The van der Waals surface area contributed by atoms with E-state index < -0.39 is 0 Å². The Labute approximate surface area is 135 Å². The Bertz CT molecular complexity index is 521. The molecule has 0 saturated carbocycles. The number of carbonyl (C=O) groups excluding carboxylic acids is 1. The molecule has 0 amide bonds. The van der Waals surface area contributed by atoms with Gasteiger partial charge in [-0.1, -0.05) is 17.7 Å². The number of carbonyl (C=O) groups is 1. The van der Waals surface area contributed by atoms with Gasteiger partial charge in [-0.15, -0.1) is 0 Å². The van der Waals surface area contributed by atoms with Crippen LogP contribution in [0.5, 0.6) is 5.75 Å². The second kappa shape index (κ2) is 9.89. The monoisotopic (exact) mass is 327 g/mol. The second-order valence-corrected chi connectivity index (χ2v) is 4.87. The maximum Gasteiger partial charge on any atom is 0.307 e. The first-order valence-corrected chi connectivity index (χ1v) is 7.32. The number of benzene rings is 1. The van der Waals surface area contributed by atoms with Crippen LogP contribution in [0.3, 0.4) is 0 Å². The van der Waals surface area contributed by atoms with Crippen molar-refractivity contribution in [2.24, 2.45) is 4.99 Å². The van der Waals surface area contributed by atoms with Crippen LogP contribution in [0.2, 0.25) is 5.02 Å². The topological polar surface area (TPSA) is 72.0 Å². The van der Waals surface area contributed by atoms with Crippen LogP contribution in [0, 0.1) is 0 Å². The van der Waals surface area contributed by atoms with E-state index in [2.05, 4.69) is 20.4 Å². The van der Waals surface area contributed by atoms with Crippen LogP contribution in [0.15, 0.2) is 23.2 Å². The van der Waals surface area contributed by atoms with Crippen LogP contribution in [-0.2, 0) is 16.0 Å². The second-order valence-electron chi connectivity index (χ2n) is 4.46. The van der Waals surface area contributed by atoms with Crippen LogP contribution in [-0.4, -0.2) is 46.3 Å². The van der Waals surface area contributed by atoms with Crippen molar-refractivity contribution in [3.8, 4) is 5.75 Å². The molecule has 1 aromatic carbocycles. The molecule has 1 aromatic rings. The van der Waals surface area contributed by atoms with Crippen LogP contribution in [0.4, 0.5) is 0 Å². The van der Waals surface area contributed by atoms with Gasteiger partial charge in [0.15, 0.2) is 5.96 Å². The molecule has 0 aliphatic heterocycles. The molecule has 22 heavy (non-hydrogen) atoms. The number of aliphatic imine (C=N–C) groups is 1. The average Bonchev–Trinajstić information content (AvgIpc) is 2.54. The van der Waals surface area contributed by atoms with E-state index in [-0.39, 0.29) is 5.97 Å². The van der Waals surface area contributed by atoms with Gasteiger partial charge in [0, 0.05) is 25.2 Å². The third-order valence-corrected chi connectivity index (χ3v) is 3.37. The molecule has 0 bridgehead atoms. The summed E-state index contributed by atoms with van der Waals surface area (Å²) in [4.78, 5) is 15.1.